The molecule has 0 N–H and O–H groups in total. The van der Waals surface area contributed by atoms with Crippen LogP contribution in [0.3, 0.4) is 0 Å². The first-order valence-corrected chi connectivity index (χ1v) is 16.3. The summed E-state index contributed by atoms with van der Waals surface area (Å²) in [5, 5.41) is 0. The van der Waals surface area contributed by atoms with Gasteiger partial charge < -0.3 is 18.9 Å². The number of carbonyl (C=O) groups excluding carboxylic acids is 3. The molecule has 51 heavy (non-hydrogen) atoms. The molecule has 3 aromatic rings. The number of alkyl halides is 7. The second-order valence-corrected chi connectivity index (χ2v) is 12.3. The van der Waals surface area contributed by atoms with Gasteiger partial charge in [-0.3, -0.25) is 0 Å². The van der Waals surface area contributed by atoms with Gasteiger partial charge in [0.05, 0.1) is 24.3 Å². The van der Waals surface area contributed by atoms with E-state index in [9.17, 15) is 45.1 Å². The number of hydrogen-bond acceptors (Lipinski definition) is 7. The largest absolute Gasteiger partial charge is 0.494 e. The summed E-state index contributed by atoms with van der Waals surface area (Å²) in [5.74, 6) is -16.0. The summed E-state index contributed by atoms with van der Waals surface area (Å²) < 4.78 is 109. The Balaban J connectivity index is 1.43. The summed E-state index contributed by atoms with van der Waals surface area (Å²) in [4.78, 5) is 36.5. The molecule has 0 saturated carbocycles. The Bertz CT molecular complexity index is 1590. The van der Waals surface area contributed by atoms with Gasteiger partial charge in [-0.2, -0.15) is 30.7 Å². The Morgan fingerprint density at radius 1 is 0.608 bits per heavy atom. The van der Waals surface area contributed by atoms with E-state index in [2.05, 4.69) is 11.7 Å². The molecule has 0 radical (unpaired) electrons. The summed E-state index contributed by atoms with van der Waals surface area (Å²) in [6, 6.07) is 19.4. The van der Waals surface area contributed by atoms with E-state index in [4.69, 9.17) is 14.2 Å². The first kappa shape index (κ1) is 40.8. The molecule has 0 saturated heterocycles. The van der Waals surface area contributed by atoms with Crippen LogP contribution >= 0.6 is 0 Å². The highest BCUT2D eigenvalue weighted by atomic mass is 19.4. The lowest BCUT2D eigenvalue weighted by Gasteiger charge is -2.26. The van der Waals surface area contributed by atoms with Gasteiger partial charge >= 0.3 is 35.9 Å². The van der Waals surface area contributed by atoms with Crippen molar-refractivity contribution in [1.29, 1.82) is 0 Å². The van der Waals surface area contributed by atoms with Crippen molar-refractivity contribution in [3.05, 3.63) is 83.9 Å². The molecule has 0 unspecified atom stereocenters. The Labute approximate surface area is 291 Å². The molecule has 0 fully saturated rings. The van der Waals surface area contributed by atoms with Gasteiger partial charge in [-0.15, -0.1) is 0 Å². The van der Waals surface area contributed by atoms with Crippen LogP contribution < -0.4 is 9.47 Å². The summed E-state index contributed by atoms with van der Waals surface area (Å²) in [7, 11) is 0. The number of esters is 3. The zero-order chi connectivity index (χ0) is 37.9. The number of rotatable bonds is 18. The van der Waals surface area contributed by atoms with Gasteiger partial charge in [0.1, 0.15) is 17.1 Å². The van der Waals surface area contributed by atoms with Crippen molar-refractivity contribution in [2.45, 2.75) is 89.3 Å². The topological polar surface area (TPSA) is 88.1 Å². The fraction of sp³-hybridized carbons (Fsp3) is 0.432. The van der Waals surface area contributed by atoms with Gasteiger partial charge in [0.25, 0.3) is 0 Å². The van der Waals surface area contributed by atoms with Gasteiger partial charge in [-0.25, -0.2) is 14.4 Å². The molecular weight excluding hydrogens is 689 g/mol. The van der Waals surface area contributed by atoms with Crippen molar-refractivity contribution in [2.24, 2.45) is 0 Å². The molecule has 0 aromatic heterocycles. The van der Waals surface area contributed by atoms with Crippen molar-refractivity contribution >= 4 is 17.9 Å². The van der Waals surface area contributed by atoms with Crippen LogP contribution in [-0.4, -0.2) is 54.7 Å². The van der Waals surface area contributed by atoms with E-state index in [0.29, 0.717) is 11.3 Å². The molecule has 0 spiro atoms. The third-order valence-corrected chi connectivity index (χ3v) is 7.66. The van der Waals surface area contributed by atoms with Crippen LogP contribution in [0.5, 0.6) is 11.5 Å². The SMILES string of the molecule is CCCCCCC(C)(C)OC(=O)c1ccc(OC(=O)c2ccc(-c3ccc(OCCCCOC(=O)C(F)(F)C(F)(F)C(F)(F)F)cc3)cc2)cc1. The molecule has 3 rings (SSSR count). The maximum atomic E-state index is 13.3. The van der Waals surface area contributed by atoms with Crippen LogP contribution in [0.1, 0.15) is 86.4 Å². The Morgan fingerprint density at radius 3 is 1.69 bits per heavy atom. The highest BCUT2D eigenvalue weighted by molar-refractivity contribution is 5.92. The predicted molar refractivity (Wildman–Crippen MR) is 173 cm³/mol. The molecule has 0 atom stereocenters. The minimum Gasteiger partial charge on any atom is -0.494 e. The molecule has 14 heteroatoms. The quantitative estimate of drug-likeness (QED) is 0.0558. The van der Waals surface area contributed by atoms with Gasteiger partial charge in [-0.1, -0.05) is 50.5 Å². The molecule has 0 aliphatic carbocycles. The van der Waals surface area contributed by atoms with Crippen molar-refractivity contribution in [2.75, 3.05) is 13.2 Å². The zero-order valence-electron chi connectivity index (χ0n) is 28.3. The number of benzene rings is 3. The molecule has 0 aliphatic rings. The zero-order valence-corrected chi connectivity index (χ0v) is 28.3. The molecule has 7 nitrogen and oxygen atoms in total. The highest BCUT2D eigenvalue weighted by Crippen LogP contribution is 2.47. The van der Waals surface area contributed by atoms with Gasteiger partial charge in [0.2, 0.25) is 0 Å². The molecular formula is C37H39F7O7. The average molecular weight is 729 g/mol. The normalized spacial score (nSPS) is 12.3. The van der Waals surface area contributed by atoms with Crippen LogP contribution in [0.2, 0.25) is 0 Å². The lowest BCUT2D eigenvalue weighted by Crippen LogP contribution is -2.56. The van der Waals surface area contributed by atoms with Gasteiger partial charge in [0.15, 0.2) is 0 Å². The second kappa shape index (κ2) is 17.5. The predicted octanol–water partition coefficient (Wildman–Crippen LogP) is 10.0. The van der Waals surface area contributed by atoms with Crippen LogP contribution in [0, 0.1) is 0 Å². The second-order valence-electron chi connectivity index (χ2n) is 12.3. The Morgan fingerprint density at radius 2 is 1.12 bits per heavy atom. The monoisotopic (exact) mass is 728 g/mol. The molecule has 278 valence electrons. The average Bonchev–Trinajstić information content (AvgIpc) is 3.08. The van der Waals surface area contributed by atoms with Crippen molar-refractivity contribution in [3.63, 3.8) is 0 Å². The first-order valence-electron chi connectivity index (χ1n) is 16.3. The fourth-order valence-corrected chi connectivity index (χ4v) is 4.66. The van der Waals surface area contributed by atoms with E-state index in [0.717, 1.165) is 43.2 Å². The molecule has 3 aromatic carbocycles. The third-order valence-electron chi connectivity index (χ3n) is 7.66. The number of unbranched alkanes of at least 4 members (excludes halogenated alkanes) is 4. The van der Waals surface area contributed by atoms with E-state index in [1.165, 1.54) is 24.3 Å². The minimum absolute atomic E-state index is 0.00694. The van der Waals surface area contributed by atoms with Crippen molar-refractivity contribution in [3.8, 4) is 22.6 Å². The van der Waals surface area contributed by atoms with E-state index in [1.807, 2.05) is 13.8 Å². The smallest absolute Gasteiger partial charge is 0.460 e. The highest BCUT2D eigenvalue weighted by Gasteiger charge is 2.77. The Hall–Kier alpha value is -4.62. The lowest BCUT2D eigenvalue weighted by molar-refractivity contribution is -0.348. The lowest BCUT2D eigenvalue weighted by atomic mass is 10.00. The van der Waals surface area contributed by atoms with E-state index in [1.54, 1.807) is 48.5 Å². The first-order chi connectivity index (χ1) is 23.9. The number of halogens is 7. The number of carbonyl (C=O) groups is 3. The number of hydrogen-bond donors (Lipinski definition) is 0. The van der Waals surface area contributed by atoms with E-state index in [-0.39, 0.29) is 30.8 Å². The van der Waals surface area contributed by atoms with Crippen molar-refractivity contribution < 1.29 is 64.1 Å². The summed E-state index contributed by atoms with van der Waals surface area (Å²) in [6.07, 6.45) is -1.58. The standard InChI is InChI=1S/C37H39F7O7/c1-4-5-6-7-22-34(2,3)51-32(46)28-16-20-30(21-17-28)50-31(45)27-12-10-25(11-13-27)26-14-18-29(19-15-26)48-23-8-9-24-49-33(47)35(38,39)36(40,41)37(42,43)44/h10-21H,4-9,22-24H2,1-3H3. The summed E-state index contributed by atoms with van der Waals surface area (Å²) in [5.41, 5.74) is 1.57. The molecule has 0 bridgehead atoms. The third kappa shape index (κ3) is 11.4. The van der Waals surface area contributed by atoms with Crippen LogP contribution in [0.4, 0.5) is 30.7 Å². The maximum absolute atomic E-state index is 13.3. The van der Waals surface area contributed by atoms with Crippen LogP contribution in [0.25, 0.3) is 11.1 Å². The van der Waals surface area contributed by atoms with Crippen LogP contribution in [0.15, 0.2) is 72.8 Å². The maximum Gasteiger partial charge on any atom is 0.460 e. The van der Waals surface area contributed by atoms with Crippen LogP contribution in [-0.2, 0) is 14.3 Å². The minimum atomic E-state index is -6.63. The van der Waals surface area contributed by atoms with E-state index < -0.39 is 48.1 Å². The fourth-order valence-electron chi connectivity index (χ4n) is 4.66. The Kier molecular flexibility index (Phi) is 14.0. The van der Waals surface area contributed by atoms with Crippen molar-refractivity contribution in [1.82, 2.24) is 0 Å². The van der Waals surface area contributed by atoms with Gasteiger partial charge in [0, 0.05) is 0 Å². The molecule has 0 amide bonds. The molecule has 0 aliphatic heterocycles. The summed E-state index contributed by atoms with van der Waals surface area (Å²) in [6.45, 7) is 5.09. The number of ether oxygens (including phenoxy) is 4. The molecule has 0 heterocycles. The van der Waals surface area contributed by atoms with E-state index >= 15 is 0 Å². The summed E-state index contributed by atoms with van der Waals surface area (Å²) >= 11 is 0. The van der Waals surface area contributed by atoms with Gasteiger partial charge in [-0.05, 0) is 99.2 Å².